The van der Waals surface area contributed by atoms with Crippen LogP contribution in [0.3, 0.4) is 0 Å². The number of halogens is 2. The molecule has 96 valence electrons. The highest BCUT2D eigenvalue weighted by atomic mass is 35.5. The van der Waals surface area contributed by atoms with Crippen molar-refractivity contribution in [3.63, 3.8) is 0 Å². The van der Waals surface area contributed by atoms with E-state index in [0.29, 0.717) is 20.0 Å². The van der Waals surface area contributed by atoms with Crippen LogP contribution in [-0.2, 0) is 0 Å². The normalized spacial score (nSPS) is 12.7. The molecule has 0 aliphatic carbocycles. The van der Waals surface area contributed by atoms with Gasteiger partial charge in [-0.05, 0) is 25.1 Å². The fourth-order valence-electron chi connectivity index (χ4n) is 1.51. The van der Waals surface area contributed by atoms with Gasteiger partial charge in [-0.2, -0.15) is 0 Å². The van der Waals surface area contributed by atoms with Crippen molar-refractivity contribution in [2.45, 2.75) is 13.0 Å². The van der Waals surface area contributed by atoms with Crippen LogP contribution in [0.1, 0.15) is 16.6 Å². The fraction of sp³-hybridized carbons (Fsp3) is 0.250. The van der Waals surface area contributed by atoms with Crippen molar-refractivity contribution in [3.05, 3.63) is 33.9 Å². The molecular weight excluding hydrogens is 277 g/mol. The molecule has 2 N–H and O–H groups in total. The maximum atomic E-state index is 13.1. The van der Waals surface area contributed by atoms with Crippen molar-refractivity contribution in [1.29, 1.82) is 0 Å². The number of amides is 1. The molecule has 1 heterocycles. The summed E-state index contributed by atoms with van der Waals surface area (Å²) < 4.78 is 13.7. The summed E-state index contributed by atoms with van der Waals surface area (Å²) in [5, 5.41) is 12.6. The second kappa shape index (κ2) is 5.22. The van der Waals surface area contributed by atoms with Crippen LogP contribution in [0.15, 0.2) is 18.2 Å². The average molecular weight is 288 g/mol. The molecule has 0 unspecified atom stereocenters. The summed E-state index contributed by atoms with van der Waals surface area (Å²) in [6, 6.07) is 4.20. The molecule has 1 aromatic heterocycles. The van der Waals surface area contributed by atoms with Gasteiger partial charge < -0.3 is 10.4 Å². The molecule has 0 bridgehead atoms. The lowest BCUT2D eigenvalue weighted by Gasteiger charge is -2.05. The second-order valence-electron chi connectivity index (χ2n) is 3.94. The van der Waals surface area contributed by atoms with Gasteiger partial charge in [-0.25, -0.2) is 4.39 Å². The van der Waals surface area contributed by atoms with Gasteiger partial charge in [0.05, 0.1) is 11.1 Å². The number of hydrogen-bond donors (Lipinski definition) is 2. The molecule has 0 aliphatic heterocycles. The Balaban J connectivity index is 2.33. The monoisotopic (exact) mass is 287 g/mol. The Bertz CT molecular complexity index is 597. The molecule has 0 aliphatic rings. The van der Waals surface area contributed by atoms with Crippen LogP contribution in [-0.4, -0.2) is 23.7 Å². The van der Waals surface area contributed by atoms with Gasteiger partial charge in [0, 0.05) is 16.6 Å². The van der Waals surface area contributed by atoms with Gasteiger partial charge in [0.2, 0.25) is 0 Å². The van der Waals surface area contributed by atoms with Crippen molar-refractivity contribution in [2.24, 2.45) is 0 Å². The van der Waals surface area contributed by atoms with Crippen molar-refractivity contribution in [1.82, 2.24) is 5.32 Å². The Morgan fingerprint density at radius 2 is 2.33 bits per heavy atom. The predicted molar refractivity (Wildman–Crippen MR) is 70.8 cm³/mol. The van der Waals surface area contributed by atoms with Gasteiger partial charge in [-0.15, -0.1) is 11.3 Å². The zero-order valence-corrected chi connectivity index (χ0v) is 11.1. The van der Waals surface area contributed by atoms with Gasteiger partial charge in [0.1, 0.15) is 10.7 Å². The fourth-order valence-corrected chi connectivity index (χ4v) is 2.96. The van der Waals surface area contributed by atoms with Gasteiger partial charge in [0.15, 0.2) is 0 Å². The van der Waals surface area contributed by atoms with Crippen LogP contribution >= 0.6 is 22.9 Å². The number of aliphatic hydroxyl groups is 1. The van der Waals surface area contributed by atoms with Crippen LogP contribution in [0.25, 0.3) is 10.1 Å². The molecule has 2 rings (SSSR count). The Kier molecular flexibility index (Phi) is 3.85. The van der Waals surface area contributed by atoms with E-state index in [0.717, 1.165) is 11.3 Å². The number of benzene rings is 1. The Labute approximate surface area is 112 Å². The number of fused-ring (bicyclic) bond motifs is 1. The lowest BCUT2D eigenvalue weighted by atomic mass is 10.2. The van der Waals surface area contributed by atoms with E-state index in [4.69, 9.17) is 16.7 Å². The molecule has 6 heteroatoms. The largest absolute Gasteiger partial charge is 0.392 e. The molecule has 1 atom stereocenters. The van der Waals surface area contributed by atoms with E-state index in [1.54, 1.807) is 13.0 Å². The Morgan fingerprint density at radius 3 is 3.00 bits per heavy atom. The highest BCUT2D eigenvalue weighted by Gasteiger charge is 2.17. The van der Waals surface area contributed by atoms with E-state index in [1.165, 1.54) is 12.1 Å². The zero-order valence-electron chi connectivity index (χ0n) is 9.54. The second-order valence-corrected chi connectivity index (χ2v) is 5.37. The number of aliphatic hydroxyl groups excluding tert-OH is 1. The first-order chi connectivity index (χ1) is 8.49. The third kappa shape index (κ3) is 2.63. The molecule has 0 saturated carbocycles. The summed E-state index contributed by atoms with van der Waals surface area (Å²) in [7, 11) is 0. The standard InChI is InChI=1S/C12H11ClFNO2S/c1-6(16)5-15-12(17)11-10(13)8-3-2-7(14)4-9(8)18-11/h2-4,6,16H,5H2,1H3,(H,15,17)/t6-/m0/s1. The number of carbonyl (C=O) groups excluding carboxylic acids is 1. The smallest absolute Gasteiger partial charge is 0.263 e. The van der Waals surface area contributed by atoms with E-state index in [1.807, 2.05) is 0 Å². The quantitative estimate of drug-likeness (QED) is 0.912. The predicted octanol–water partition coefficient (Wildman–Crippen LogP) is 2.80. The average Bonchev–Trinajstić information content (AvgIpc) is 2.63. The van der Waals surface area contributed by atoms with Crippen molar-refractivity contribution in [3.8, 4) is 0 Å². The minimum atomic E-state index is -0.625. The Morgan fingerprint density at radius 1 is 1.61 bits per heavy atom. The first-order valence-corrected chi connectivity index (χ1v) is 6.52. The molecule has 1 amide bonds. The molecular formula is C12H11ClFNO2S. The maximum absolute atomic E-state index is 13.1. The molecule has 18 heavy (non-hydrogen) atoms. The highest BCUT2D eigenvalue weighted by Crippen LogP contribution is 2.35. The summed E-state index contributed by atoms with van der Waals surface area (Å²) in [6.45, 7) is 1.72. The molecule has 0 fully saturated rings. The zero-order chi connectivity index (χ0) is 13.3. The van der Waals surface area contributed by atoms with Gasteiger partial charge in [-0.3, -0.25) is 4.79 Å². The third-order valence-corrected chi connectivity index (χ3v) is 4.01. The minimum Gasteiger partial charge on any atom is -0.392 e. The molecule has 3 nitrogen and oxygen atoms in total. The number of hydrogen-bond acceptors (Lipinski definition) is 3. The van der Waals surface area contributed by atoms with E-state index in [2.05, 4.69) is 5.32 Å². The van der Waals surface area contributed by atoms with Gasteiger partial charge >= 0.3 is 0 Å². The summed E-state index contributed by atoms with van der Waals surface area (Å²) in [5.41, 5.74) is 0. The third-order valence-electron chi connectivity index (χ3n) is 2.36. The lowest BCUT2D eigenvalue weighted by Crippen LogP contribution is -2.30. The van der Waals surface area contributed by atoms with E-state index < -0.39 is 6.10 Å². The summed E-state index contributed by atoms with van der Waals surface area (Å²) >= 11 is 7.22. The summed E-state index contributed by atoms with van der Waals surface area (Å²) in [5.74, 6) is -0.723. The van der Waals surface area contributed by atoms with Crippen LogP contribution in [0.5, 0.6) is 0 Å². The number of nitrogens with one attached hydrogen (secondary N) is 1. The molecule has 0 radical (unpaired) electrons. The van der Waals surface area contributed by atoms with Gasteiger partial charge in [0.25, 0.3) is 5.91 Å². The first kappa shape index (κ1) is 13.3. The minimum absolute atomic E-state index is 0.151. The van der Waals surface area contributed by atoms with E-state index >= 15 is 0 Å². The lowest BCUT2D eigenvalue weighted by molar-refractivity contribution is 0.0928. The SMILES string of the molecule is C[C@H](O)CNC(=O)c1sc2cc(F)ccc2c1Cl. The topological polar surface area (TPSA) is 49.3 Å². The number of rotatable bonds is 3. The van der Waals surface area contributed by atoms with Crippen molar-refractivity contribution < 1.29 is 14.3 Å². The molecule has 0 spiro atoms. The summed E-state index contributed by atoms with van der Waals surface area (Å²) in [6.07, 6.45) is -0.625. The van der Waals surface area contributed by atoms with Crippen LogP contribution in [0.2, 0.25) is 5.02 Å². The van der Waals surface area contributed by atoms with E-state index in [9.17, 15) is 9.18 Å². The maximum Gasteiger partial charge on any atom is 0.263 e. The highest BCUT2D eigenvalue weighted by molar-refractivity contribution is 7.21. The molecule has 0 saturated heterocycles. The molecule has 2 aromatic rings. The van der Waals surface area contributed by atoms with Gasteiger partial charge in [-0.1, -0.05) is 11.6 Å². The van der Waals surface area contributed by atoms with Crippen molar-refractivity contribution >= 4 is 38.9 Å². The van der Waals surface area contributed by atoms with E-state index in [-0.39, 0.29) is 18.3 Å². The number of carbonyl (C=O) groups is 1. The van der Waals surface area contributed by atoms with Crippen molar-refractivity contribution in [2.75, 3.05) is 6.54 Å². The Hall–Kier alpha value is -1.17. The van der Waals surface area contributed by atoms with Crippen LogP contribution < -0.4 is 5.32 Å². The summed E-state index contributed by atoms with van der Waals surface area (Å²) in [4.78, 5) is 12.2. The van der Waals surface area contributed by atoms with Crippen LogP contribution in [0.4, 0.5) is 4.39 Å². The first-order valence-electron chi connectivity index (χ1n) is 5.33. The number of thiophene rings is 1. The van der Waals surface area contributed by atoms with Crippen LogP contribution in [0, 0.1) is 5.82 Å². The molecule has 1 aromatic carbocycles.